The zero-order valence-electron chi connectivity index (χ0n) is 10.2. The van der Waals surface area contributed by atoms with Gasteiger partial charge in [0.1, 0.15) is 0 Å². The molecule has 0 aromatic heterocycles. The van der Waals surface area contributed by atoms with Crippen LogP contribution in [0.3, 0.4) is 0 Å². The van der Waals surface area contributed by atoms with Crippen molar-refractivity contribution in [2.75, 3.05) is 13.6 Å². The van der Waals surface area contributed by atoms with E-state index in [2.05, 4.69) is 38.0 Å². The highest BCUT2D eigenvalue weighted by Crippen LogP contribution is 2.25. The summed E-state index contributed by atoms with van der Waals surface area (Å²) in [6.07, 6.45) is 5.39. The van der Waals surface area contributed by atoms with E-state index in [-0.39, 0.29) is 0 Å². The molecule has 0 radical (unpaired) electrons. The Morgan fingerprint density at radius 3 is 2.57 bits per heavy atom. The van der Waals surface area contributed by atoms with Gasteiger partial charge < -0.3 is 5.32 Å². The number of nitrogens with zero attached hydrogens (tertiary/aromatic N) is 1. The molecule has 0 amide bonds. The molecule has 2 nitrogen and oxygen atoms in total. The van der Waals surface area contributed by atoms with Crippen molar-refractivity contribution in [3.05, 3.63) is 0 Å². The standard InChI is InChI=1S/C12H26N2/c1-5-9-14(10(2)3)12-8-6-7-11(12)13-4/h10-13H,5-9H2,1-4H3. The molecule has 1 aliphatic rings. The Morgan fingerprint density at radius 1 is 1.36 bits per heavy atom. The molecule has 14 heavy (non-hydrogen) atoms. The van der Waals surface area contributed by atoms with Gasteiger partial charge in [0.2, 0.25) is 0 Å². The molecule has 1 saturated carbocycles. The molecule has 1 aliphatic carbocycles. The third kappa shape index (κ3) is 2.71. The SMILES string of the molecule is CCCN(C(C)C)C1CCCC1NC. The number of likely N-dealkylation sites (N-methyl/N-ethyl adjacent to an activating group) is 1. The summed E-state index contributed by atoms with van der Waals surface area (Å²) < 4.78 is 0. The van der Waals surface area contributed by atoms with Crippen LogP contribution >= 0.6 is 0 Å². The molecule has 0 spiro atoms. The van der Waals surface area contributed by atoms with Crippen LogP contribution < -0.4 is 5.32 Å². The molecule has 0 saturated heterocycles. The Labute approximate surface area is 89.1 Å². The summed E-state index contributed by atoms with van der Waals surface area (Å²) in [6.45, 7) is 8.17. The summed E-state index contributed by atoms with van der Waals surface area (Å²) in [6, 6.07) is 2.19. The first-order valence-corrected chi connectivity index (χ1v) is 6.13. The summed E-state index contributed by atoms with van der Waals surface area (Å²) >= 11 is 0. The van der Waals surface area contributed by atoms with Crippen LogP contribution in [0.5, 0.6) is 0 Å². The number of hydrogen-bond donors (Lipinski definition) is 1. The highest BCUT2D eigenvalue weighted by atomic mass is 15.2. The van der Waals surface area contributed by atoms with Crippen LogP contribution in [-0.2, 0) is 0 Å². The van der Waals surface area contributed by atoms with E-state index in [0.717, 1.165) is 12.1 Å². The van der Waals surface area contributed by atoms with Crippen LogP contribution in [0.2, 0.25) is 0 Å². The van der Waals surface area contributed by atoms with Crippen molar-refractivity contribution < 1.29 is 0 Å². The first kappa shape index (κ1) is 12.0. The second-order valence-corrected chi connectivity index (χ2v) is 4.72. The van der Waals surface area contributed by atoms with Crippen LogP contribution in [0.15, 0.2) is 0 Å². The van der Waals surface area contributed by atoms with Crippen molar-refractivity contribution in [1.29, 1.82) is 0 Å². The van der Waals surface area contributed by atoms with Crippen molar-refractivity contribution in [2.45, 2.75) is 64.6 Å². The van der Waals surface area contributed by atoms with Gasteiger partial charge in [-0.15, -0.1) is 0 Å². The van der Waals surface area contributed by atoms with Gasteiger partial charge in [0.05, 0.1) is 0 Å². The van der Waals surface area contributed by atoms with Crippen molar-refractivity contribution in [3.8, 4) is 0 Å². The molecule has 2 unspecified atom stereocenters. The first-order valence-electron chi connectivity index (χ1n) is 6.13. The van der Waals surface area contributed by atoms with Gasteiger partial charge in [-0.1, -0.05) is 13.3 Å². The lowest BCUT2D eigenvalue weighted by Gasteiger charge is -2.36. The van der Waals surface area contributed by atoms with E-state index in [0.29, 0.717) is 6.04 Å². The second kappa shape index (κ2) is 5.72. The Balaban J connectivity index is 2.57. The lowest BCUT2D eigenvalue weighted by molar-refractivity contribution is 0.136. The van der Waals surface area contributed by atoms with Gasteiger partial charge in [0.25, 0.3) is 0 Å². The van der Waals surface area contributed by atoms with E-state index in [1.165, 1.54) is 32.2 Å². The highest BCUT2D eigenvalue weighted by Gasteiger charge is 2.31. The fraction of sp³-hybridized carbons (Fsp3) is 1.00. The fourth-order valence-corrected chi connectivity index (χ4v) is 2.74. The smallest absolute Gasteiger partial charge is 0.0251 e. The summed E-state index contributed by atoms with van der Waals surface area (Å²) in [4.78, 5) is 2.67. The molecule has 2 atom stereocenters. The average molecular weight is 198 g/mol. The Hall–Kier alpha value is -0.0800. The monoisotopic (exact) mass is 198 g/mol. The predicted octanol–water partition coefficient (Wildman–Crippen LogP) is 2.25. The Kier molecular flexibility index (Phi) is 4.90. The molecule has 1 rings (SSSR count). The predicted molar refractivity (Wildman–Crippen MR) is 62.6 cm³/mol. The summed E-state index contributed by atoms with van der Waals surface area (Å²) in [7, 11) is 2.10. The molecule has 0 aromatic rings. The normalized spacial score (nSPS) is 27.9. The maximum Gasteiger partial charge on any atom is 0.0251 e. The molecule has 0 heterocycles. The maximum atomic E-state index is 3.47. The van der Waals surface area contributed by atoms with Crippen molar-refractivity contribution in [2.24, 2.45) is 0 Å². The third-order valence-electron chi connectivity index (χ3n) is 3.42. The molecular weight excluding hydrogens is 172 g/mol. The maximum absolute atomic E-state index is 3.47. The van der Waals surface area contributed by atoms with Crippen molar-refractivity contribution >= 4 is 0 Å². The largest absolute Gasteiger partial charge is 0.315 e. The number of rotatable bonds is 5. The number of hydrogen-bond acceptors (Lipinski definition) is 2. The molecule has 0 bridgehead atoms. The van der Waals surface area contributed by atoms with E-state index in [1.54, 1.807) is 0 Å². The van der Waals surface area contributed by atoms with Gasteiger partial charge in [-0.25, -0.2) is 0 Å². The van der Waals surface area contributed by atoms with Crippen molar-refractivity contribution in [3.63, 3.8) is 0 Å². The summed E-state index contributed by atoms with van der Waals surface area (Å²) in [5.41, 5.74) is 0. The minimum absolute atomic E-state index is 0.689. The van der Waals surface area contributed by atoms with Gasteiger partial charge in [-0.2, -0.15) is 0 Å². The third-order valence-corrected chi connectivity index (χ3v) is 3.42. The minimum Gasteiger partial charge on any atom is -0.315 e. The van der Waals surface area contributed by atoms with Crippen LogP contribution in [0.25, 0.3) is 0 Å². The molecule has 1 N–H and O–H groups in total. The highest BCUT2D eigenvalue weighted by molar-refractivity contribution is 4.90. The zero-order valence-corrected chi connectivity index (χ0v) is 10.2. The van der Waals surface area contributed by atoms with E-state index in [9.17, 15) is 0 Å². The lowest BCUT2D eigenvalue weighted by Crippen LogP contribution is -2.49. The number of nitrogens with one attached hydrogen (secondary N) is 1. The second-order valence-electron chi connectivity index (χ2n) is 4.72. The van der Waals surface area contributed by atoms with Crippen LogP contribution in [0, 0.1) is 0 Å². The lowest BCUT2D eigenvalue weighted by atomic mass is 10.1. The molecule has 0 aliphatic heterocycles. The molecule has 2 heteroatoms. The minimum atomic E-state index is 0.689. The fourth-order valence-electron chi connectivity index (χ4n) is 2.74. The molecular formula is C12H26N2. The molecule has 1 fully saturated rings. The Morgan fingerprint density at radius 2 is 2.07 bits per heavy atom. The molecule has 0 aromatic carbocycles. The van der Waals surface area contributed by atoms with Gasteiger partial charge in [-0.3, -0.25) is 4.90 Å². The average Bonchev–Trinajstić information content (AvgIpc) is 2.61. The van der Waals surface area contributed by atoms with Gasteiger partial charge in [0.15, 0.2) is 0 Å². The van der Waals surface area contributed by atoms with E-state index < -0.39 is 0 Å². The van der Waals surface area contributed by atoms with Crippen molar-refractivity contribution in [1.82, 2.24) is 10.2 Å². The zero-order chi connectivity index (χ0) is 10.6. The van der Waals surface area contributed by atoms with E-state index in [1.807, 2.05) is 0 Å². The van der Waals surface area contributed by atoms with E-state index in [4.69, 9.17) is 0 Å². The first-order chi connectivity index (χ1) is 6.70. The van der Waals surface area contributed by atoms with Crippen LogP contribution in [0.4, 0.5) is 0 Å². The summed E-state index contributed by atoms with van der Waals surface area (Å²) in [5, 5.41) is 3.47. The van der Waals surface area contributed by atoms with Gasteiger partial charge >= 0.3 is 0 Å². The summed E-state index contributed by atoms with van der Waals surface area (Å²) in [5.74, 6) is 0. The Bertz CT molecular complexity index is 156. The van der Waals surface area contributed by atoms with Gasteiger partial charge in [0, 0.05) is 18.1 Å². The van der Waals surface area contributed by atoms with E-state index >= 15 is 0 Å². The molecule has 84 valence electrons. The van der Waals surface area contributed by atoms with Crippen LogP contribution in [-0.4, -0.2) is 36.6 Å². The topological polar surface area (TPSA) is 15.3 Å². The van der Waals surface area contributed by atoms with Gasteiger partial charge in [-0.05, 0) is 46.7 Å². The quantitative estimate of drug-likeness (QED) is 0.729. The van der Waals surface area contributed by atoms with Crippen LogP contribution in [0.1, 0.15) is 46.5 Å².